The van der Waals surface area contributed by atoms with Crippen molar-refractivity contribution < 1.29 is 14.3 Å². The summed E-state index contributed by atoms with van der Waals surface area (Å²) in [5, 5.41) is 0.903. The third-order valence-electron chi connectivity index (χ3n) is 4.55. The molecule has 4 heteroatoms. The minimum absolute atomic E-state index is 0.0603. The van der Waals surface area contributed by atoms with Gasteiger partial charge in [-0.2, -0.15) is 0 Å². The second-order valence-corrected chi connectivity index (χ2v) is 6.02. The molecule has 4 rings (SSSR count). The zero-order valence-electron chi connectivity index (χ0n) is 12.5. The monoisotopic (exact) mass is 297 g/mol. The third kappa shape index (κ3) is 2.37. The van der Waals surface area contributed by atoms with Gasteiger partial charge in [0.1, 0.15) is 6.61 Å². The number of rotatable bonds is 3. The number of esters is 1. The number of aryl methyl sites for hydroxylation is 1. The van der Waals surface area contributed by atoms with Gasteiger partial charge < -0.3 is 9.47 Å². The van der Waals surface area contributed by atoms with E-state index in [2.05, 4.69) is 0 Å². The maximum absolute atomic E-state index is 12.7. The number of hydrogen-bond acceptors (Lipinski definition) is 4. The fourth-order valence-electron chi connectivity index (χ4n) is 3.46. The Bertz CT molecular complexity index is 720. The highest BCUT2D eigenvalue weighted by Crippen LogP contribution is 2.30. The van der Waals surface area contributed by atoms with Crippen LogP contribution in [0, 0.1) is 0 Å². The number of carbonyl (C=O) groups is 1. The number of nitrogens with zero attached hydrogens (tertiary/aromatic N) is 1. The van der Waals surface area contributed by atoms with Crippen molar-refractivity contribution in [3.05, 3.63) is 41.1 Å². The maximum Gasteiger partial charge on any atom is 0.339 e. The number of fused-ring (bicyclic) bond motifs is 2. The molecular weight excluding hydrogens is 278 g/mol. The molecule has 0 saturated carbocycles. The summed E-state index contributed by atoms with van der Waals surface area (Å²) in [6, 6.07) is 7.83. The van der Waals surface area contributed by atoms with Crippen LogP contribution in [-0.2, 0) is 22.3 Å². The topological polar surface area (TPSA) is 48.4 Å². The van der Waals surface area contributed by atoms with Crippen molar-refractivity contribution in [2.24, 2.45) is 0 Å². The van der Waals surface area contributed by atoms with E-state index in [0.717, 1.165) is 66.4 Å². The number of pyridine rings is 1. The lowest BCUT2D eigenvalue weighted by atomic mass is 10.0. The minimum atomic E-state index is -0.229. The van der Waals surface area contributed by atoms with E-state index >= 15 is 0 Å². The molecule has 22 heavy (non-hydrogen) atoms. The number of aromatic nitrogens is 1. The number of carbonyl (C=O) groups excluding carboxylic acids is 1. The normalized spacial score (nSPS) is 20.3. The molecule has 1 aromatic carbocycles. The summed E-state index contributed by atoms with van der Waals surface area (Å²) in [5.74, 6) is -0.229. The molecule has 0 N–H and O–H groups in total. The molecule has 1 aromatic heterocycles. The molecule has 1 aliphatic heterocycles. The predicted molar refractivity (Wildman–Crippen MR) is 83.0 cm³/mol. The summed E-state index contributed by atoms with van der Waals surface area (Å²) in [6.45, 7) is 1.13. The van der Waals surface area contributed by atoms with Gasteiger partial charge in [-0.3, -0.25) is 4.98 Å². The Hall–Kier alpha value is -1.94. The molecule has 0 amide bonds. The summed E-state index contributed by atoms with van der Waals surface area (Å²) in [7, 11) is 0. The fraction of sp³-hybridized carbons (Fsp3) is 0.444. The van der Waals surface area contributed by atoms with Crippen LogP contribution in [0.4, 0.5) is 0 Å². The van der Waals surface area contributed by atoms with Crippen molar-refractivity contribution in [3.8, 4) is 0 Å². The van der Waals surface area contributed by atoms with Gasteiger partial charge >= 0.3 is 5.97 Å². The quantitative estimate of drug-likeness (QED) is 0.817. The van der Waals surface area contributed by atoms with Gasteiger partial charge in [-0.1, -0.05) is 18.2 Å². The highest BCUT2D eigenvalue weighted by atomic mass is 16.6. The van der Waals surface area contributed by atoms with Crippen molar-refractivity contribution in [3.63, 3.8) is 0 Å². The summed E-state index contributed by atoms with van der Waals surface area (Å²) in [4.78, 5) is 17.4. The van der Waals surface area contributed by atoms with Crippen LogP contribution in [-0.4, -0.2) is 30.3 Å². The number of para-hydroxylation sites is 1. The Balaban J connectivity index is 1.68. The Morgan fingerprint density at radius 3 is 3.05 bits per heavy atom. The van der Waals surface area contributed by atoms with Gasteiger partial charge in [-0.15, -0.1) is 0 Å². The van der Waals surface area contributed by atoms with E-state index in [1.807, 2.05) is 24.3 Å². The van der Waals surface area contributed by atoms with E-state index in [1.54, 1.807) is 0 Å². The lowest BCUT2D eigenvalue weighted by Crippen LogP contribution is -2.19. The number of benzene rings is 1. The first-order valence-corrected chi connectivity index (χ1v) is 8.02. The summed E-state index contributed by atoms with van der Waals surface area (Å²) >= 11 is 0. The molecule has 0 radical (unpaired) electrons. The highest BCUT2D eigenvalue weighted by Gasteiger charge is 2.26. The zero-order valence-corrected chi connectivity index (χ0v) is 12.5. The molecule has 0 spiro atoms. The zero-order chi connectivity index (χ0) is 14.9. The first-order chi connectivity index (χ1) is 10.8. The Morgan fingerprint density at radius 1 is 1.27 bits per heavy atom. The van der Waals surface area contributed by atoms with Crippen LogP contribution in [0.5, 0.6) is 0 Å². The molecule has 1 fully saturated rings. The van der Waals surface area contributed by atoms with E-state index < -0.39 is 0 Å². The van der Waals surface area contributed by atoms with Gasteiger partial charge in [0, 0.05) is 17.7 Å². The second-order valence-electron chi connectivity index (χ2n) is 6.02. The van der Waals surface area contributed by atoms with Gasteiger partial charge in [0.05, 0.1) is 17.2 Å². The first kappa shape index (κ1) is 13.7. The lowest BCUT2D eigenvalue weighted by Gasteiger charge is -2.14. The Labute approximate surface area is 129 Å². The second kappa shape index (κ2) is 5.69. The van der Waals surface area contributed by atoms with Gasteiger partial charge in [-0.05, 0) is 43.7 Å². The molecule has 0 unspecified atom stereocenters. The fourth-order valence-corrected chi connectivity index (χ4v) is 3.46. The summed E-state index contributed by atoms with van der Waals surface area (Å²) in [5.41, 5.74) is 3.74. The van der Waals surface area contributed by atoms with Gasteiger partial charge in [0.2, 0.25) is 0 Å². The van der Waals surface area contributed by atoms with E-state index in [-0.39, 0.29) is 12.1 Å². The highest BCUT2D eigenvalue weighted by molar-refractivity contribution is 6.05. The van der Waals surface area contributed by atoms with Crippen LogP contribution < -0.4 is 0 Å². The molecule has 1 saturated heterocycles. The SMILES string of the molecule is O=C(OC[C@@H]1CCCO1)c1c2c(nc3ccccc13)CCC2. The van der Waals surface area contributed by atoms with Gasteiger partial charge in [-0.25, -0.2) is 4.79 Å². The van der Waals surface area contributed by atoms with E-state index in [9.17, 15) is 4.79 Å². The van der Waals surface area contributed by atoms with Crippen LogP contribution in [0.2, 0.25) is 0 Å². The molecule has 4 nitrogen and oxygen atoms in total. The number of ether oxygens (including phenoxy) is 2. The van der Waals surface area contributed by atoms with Crippen molar-refractivity contribution in [1.29, 1.82) is 0 Å². The molecule has 2 aliphatic rings. The van der Waals surface area contributed by atoms with Gasteiger partial charge in [0.15, 0.2) is 0 Å². The van der Waals surface area contributed by atoms with Crippen molar-refractivity contribution >= 4 is 16.9 Å². The molecule has 0 bridgehead atoms. The average molecular weight is 297 g/mol. The van der Waals surface area contributed by atoms with Crippen molar-refractivity contribution in [2.45, 2.75) is 38.2 Å². The van der Waals surface area contributed by atoms with Crippen molar-refractivity contribution in [1.82, 2.24) is 4.98 Å². The maximum atomic E-state index is 12.7. The van der Waals surface area contributed by atoms with E-state index in [1.165, 1.54) is 0 Å². The molecule has 2 heterocycles. The van der Waals surface area contributed by atoms with E-state index in [4.69, 9.17) is 14.5 Å². The number of hydrogen-bond donors (Lipinski definition) is 0. The average Bonchev–Trinajstić information content (AvgIpc) is 3.21. The third-order valence-corrected chi connectivity index (χ3v) is 4.55. The molecular formula is C18H19NO3. The smallest absolute Gasteiger partial charge is 0.339 e. The Morgan fingerprint density at radius 2 is 2.18 bits per heavy atom. The molecule has 114 valence electrons. The van der Waals surface area contributed by atoms with Gasteiger partial charge in [0.25, 0.3) is 0 Å². The van der Waals surface area contributed by atoms with E-state index in [0.29, 0.717) is 6.61 Å². The molecule has 1 aliphatic carbocycles. The van der Waals surface area contributed by atoms with Crippen LogP contribution in [0.25, 0.3) is 10.9 Å². The van der Waals surface area contributed by atoms with Crippen LogP contribution in [0.3, 0.4) is 0 Å². The van der Waals surface area contributed by atoms with Crippen LogP contribution in [0.15, 0.2) is 24.3 Å². The van der Waals surface area contributed by atoms with Crippen molar-refractivity contribution in [2.75, 3.05) is 13.2 Å². The first-order valence-electron chi connectivity index (χ1n) is 8.02. The summed E-state index contributed by atoms with van der Waals surface area (Å²) in [6.07, 6.45) is 5.01. The minimum Gasteiger partial charge on any atom is -0.459 e. The standard InChI is InChI=1S/C18H19NO3/c20-18(22-11-12-5-4-10-21-12)17-13-6-1-2-8-15(13)19-16-9-3-7-14(16)17/h1-2,6,8,12H,3-5,7,9-11H2/t12-/m0/s1. The summed E-state index contributed by atoms with van der Waals surface area (Å²) < 4.78 is 11.1. The largest absolute Gasteiger partial charge is 0.459 e. The molecule has 2 aromatic rings. The predicted octanol–water partition coefficient (Wildman–Crippen LogP) is 3.06. The lowest BCUT2D eigenvalue weighted by molar-refractivity contribution is 0.0162. The van der Waals surface area contributed by atoms with Crippen LogP contribution in [0.1, 0.15) is 40.9 Å². The Kier molecular flexibility index (Phi) is 3.54. The van der Waals surface area contributed by atoms with Crippen LogP contribution >= 0.6 is 0 Å². The molecule has 1 atom stereocenters.